The van der Waals surface area contributed by atoms with E-state index in [2.05, 4.69) is 15.5 Å². The van der Waals surface area contributed by atoms with Crippen molar-refractivity contribution < 1.29 is 19.5 Å². The predicted molar refractivity (Wildman–Crippen MR) is 131 cm³/mol. The zero-order valence-corrected chi connectivity index (χ0v) is 20.1. The molecule has 1 saturated carbocycles. The van der Waals surface area contributed by atoms with E-state index in [-0.39, 0.29) is 18.4 Å². The van der Waals surface area contributed by atoms with E-state index in [1.807, 2.05) is 23.6 Å². The SMILES string of the molecule is N#CCNC(=O)C1(NC(=O)c2ccc(-c3csc(N4CCN(C(=O)O)CC4)n3)cc2)CCCCC1. The molecule has 3 N–H and O–H groups in total. The molecule has 1 aliphatic carbocycles. The van der Waals surface area contributed by atoms with Crippen LogP contribution in [0.2, 0.25) is 0 Å². The molecule has 0 unspecified atom stereocenters. The van der Waals surface area contributed by atoms with Gasteiger partial charge in [-0.2, -0.15) is 5.26 Å². The smallest absolute Gasteiger partial charge is 0.407 e. The number of carbonyl (C=O) groups excluding carboxylic acids is 2. The van der Waals surface area contributed by atoms with Gasteiger partial charge in [-0.3, -0.25) is 9.59 Å². The number of benzene rings is 1. The minimum absolute atomic E-state index is 0.0873. The molecule has 10 nitrogen and oxygen atoms in total. The molecule has 1 aliphatic heterocycles. The first-order chi connectivity index (χ1) is 16.9. The molecule has 0 bridgehead atoms. The third-order valence-corrected chi connectivity index (χ3v) is 7.48. The van der Waals surface area contributed by atoms with Gasteiger partial charge in [0.05, 0.1) is 11.8 Å². The molecular formula is C24H28N6O4S. The summed E-state index contributed by atoms with van der Waals surface area (Å²) in [5.41, 5.74) is 1.12. The van der Waals surface area contributed by atoms with Gasteiger partial charge in [-0.1, -0.05) is 31.4 Å². The number of thiazole rings is 1. The van der Waals surface area contributed by atoms with Crippen molar-refractivity contribution in [2.45, 2.75) is 37.6 Å². The summed E-state index contributed by atoms with van der Waals surface area (Å²) in [6.07, 6.45) is 2.91. The Morgan fingerprint density at radius 2 is 1.77 bits per heavy atom. The number of nitriles is 1. The Balaban J connectivity index is 1.41. The maximum Gasteiger partial charge on any atom is 0.407 e. The average molecular weight is 497 g/mol. The number of nitrogens with zero attached hydrogens (tertiary/aromatic N) is 4. The predicted octanol–water partition coefficient (Wildman–Crippen LogP) is 2.68. The highest BCUT2D eigenvalue weighted by molar-refractivity contribution is 7.14. The summed E-state index contributed by atoms with van der Waals surface area (Å²) in [6, 6.07) is 9.02. The lowest BCUT2D eigenvalue weighted by Gasteiger charge is -2.36. The summed E-state index contributed by atoms with van der Waals surface area (Å²) in [5, 5.41) is 26.3. The number of piperazine rings is 1. The van der Waals surface area contributed by atoms with Gasteiger partial charge >= 0.3 is 6.09 Å². The van der Waals surface area contributed by atoms with Crippen molar-refractivity contribution in [1.29, 1.82) is 5.26 Å². The molecule has 0 spiro atoms. The fourth-order valence-electron chi connectivity index (χ4n) is 4.57. The average Bonchev–Trinajstić information content (AvgIpc) is 3.38. The van der Waals surface area contributed by atoms with Crippen LogP contribution in [0.4, 0.5) is 9.93 Å². The van der Waals surface area contributed by atoms with Gasteiger partial charge in [0, 0.05) is 42.7 Å². The summed E-state index contributed by atoms with van der Waals surface area (Å²) in [5.74, 6) is -0.622. The molecule has 3 amide bonds. The molecule has 2 aliphatic rings. The van der Waals surface area contributed by atoms with Crippen LogP contribution in [0.1, 0.15) is 42.5 Å². The molecule has 2 heterocycles. The van der Waals surface area contributed by atoms with E-state index in [0.717, 1.165) is 35.7 Å². The molecule has 0 atom stereocenters. The Bertz CT molecular complexity index is 1110. The van der Waals surface area contributed by atoms with Crippen molar-refractivity contribution in [2.24, 2.45) is 0 Å². The fourth-order valence-corrected chi connectivity index (χ4v) is 5.45. The third kappa shape index (κ3) is 5.54. The minimum Gasteiger partial charge on any atom is -0.465 e. The van der Waals surface area contributed by atoms with Crippen molar-refractivity contribution >= 4 is 34.4 Å². The van der Waals surface area contributed by atoms with Gasteiger partial charge in [0.1, 0.15) is 12.1 Å². The molecule has 1 aromatic carbocycles. The molecule has 184 valence electrons. The number of hydrogen-bond acceptors (Lipinski definition) is 7. The molecule has 1 aromatic heterocycles. The van der Waals surface area contributed by atoms with Crippen molar-refractivity contribution in [2.75, 3.05) is 37.6 Å². The molecule has 1 saturated heterocycles. The number of anilines is 1. The zero-order chi connectivity index (χ0) is 24.8. The van der Waals surface area contributed by atoms with Gasteiger partial charge in [0.15, 0.2) is 5.13 Å². The maximum atomic E-state index is 13.0. The van der Waals surface area contributed by atoms with E-state index in [1.165, 1.54) is 16.2 Å². The molecular weight excluding hydrogens is 468 g/mol. The van der Waals surface area contributed by atoms with Crippen molar-refractivity contribution in [3.05, 3.63) is 35.2 Å². The number of hydrogen-bond donors (Lipinski definition) is 3. The fraction of sp³-hybridized carbons (Fsp3) is 0.458. The second-order valence-electron chi connectivity index (χ2n) is 8.79. The van der Waals surface area contributed by atoms with Crippen LogP contribution in [-0.2, 0) is 4.79 Å². The topological polar surface area (TPSA) is 139 Å². The van der Waals surface area contributed by atoms with Gasteiger partial charge in [-0.05, 0) is 25.0 Å². The Kier molecular flexibility index (Phi) is 7.51. The third-order valence-electron chi connectivity index (χ3n) is 6.58. The second-order valence-corrected chi connectivity index (χ2v) is 9.62. The lowest BCUT2D eigenvalue weighted by atomic mass is 9.80. The summed E-state index contributed by atoms with van der Waals surface area (Å²) in [6.45, 7) is 2.01. The van der Waals surface area contributed by atoms with Crippen LogP contribution < -0.4 is 15.5 Å². The van der Waals surface area contributed by atoms with Gasteiger partial charge in [-0.25, -0.2) is 9.78 Å². The quantitative estimate of drug-likeness (QED) is 0.523. The largest absolute Gasteiger partial charge is 0.465 e. The highest BCUT2D eigenvalue weighted by atomic mass is 32.1. The van der Waals surface area contributed by atoms with Crippen LogP contribution in [0.25, 0.3) is 11.3 Å². The summed E-state index contributed by atoms with van der Waals surface area (Å²) >= 11 is 1.51. The Morgan fingerprint density at radius 1 is 1.09 bits per heavy atom. The Hall–Kier alpha value is -3.65. The number of rotatable bonds is 6. The van der Waals surface area contributed by atoms with E-state index in [0.29, 0.717) is 44.6 Å². The first-order valence-electron chi connectivity index (χ1n) is 11.7. The highest BCUT2D eigenvalue weighted by Crippen LogP contribution is 2.30. The molecule has 2 aromatic rings. The van der Waals surface area contributed by atoms with Crippen LogP contribution in [-0.4, -0.2) is 71.2 Å². The van der Waals surface area contributed by atoms with Crippen LogP contribution in [0.3, 0.4) is 0 Å². The van der Waals surface area contributed by atoms with Crippen molar-refractivity contribution in [3.63, 3.8) is 0 Å². The van der Waals surface area contributed by atoms with Crippen molar-refractivity contribution in [1.82, 2.24) is 20.5 Å². The Labute approximate surface area is 207 Å². The lowest BCUT2D eigenvalue weighted by Crippen LogP contribution is -2.59. The van der Waals surface area contributed by atoms with Gasteiger partial charge in [0.2, 0.25) is 5.91 Å². The molecule has 35 heavy (non-hydrogen) atoms. The highest BCUT2D eigenvalue weighted by Gasteiger charge is 2.40. The molecule has 4 rings (SSSR count). The van der Waals surface area contributed by atoms with E-state index < -0.39 is 11.6 Å². The van der Waals surface area contributed by atoms with Gasteiger partial charge in [0.25, 0.3) is 5.91 Å². The Morgan fingerprint density at radius 3 is 2.40 bits per heavy atom. The number of aromatic nitrogens is 1. The van der Waals surface area contributed by atoms with E-state index in [9.17, 15) is 14.4 Å². The normalized spacial score (nSPS) is 17.3. The number of amides is 3. The van der Waals surface area contributed by atoms with Crippen LogP contribution >= 0.6 is 11.3 Å². The summed E-state index contributed by atoms with van der Waals surface area (Å²) in [4.78, 5) is 45.0. The van der Waals surface area contributed by atoms with Gasteiger partial charge < -0.3 is 25.5 Å². The zero-order valence-electron chi connectivity index (χ0n) is 19.3. The number of carbonyl (C=O) groups is 3. The van der Waals surface area contributed by atoms with Crippen LogP contribution in [0.15, 0.2) is 29.6 Å². The van der Waals surface area contributed by atoms with Crippen LogP contribution in [0, 0.1) is 11.3 Å². The minimum atomic E-state index is -0.987. The standard InChI is InChI=1S/C24H28N6O4S/c25-10-11-26-21(32)24(8-2-1-3-9-24)28-20(31)18-6-4-17(5-7-18)19-16-35-22(27-19)29-12-14-30(15-13-29)23(33)34/h4-7,16H,1-3,8-9,11-15H2,(H,26,32)(H,28,31)(H,33,34). The monoisotopic (exact) mass is 496 g/mol. The first kappa shape index (κ1) is 24.5. The van der Waals surface area contributed by atoms with Crippen LogP contribution in [0.5, 0.6) is 0 Å². The van der Waals surface area contributed by atoms with Crippen molar-refractivity contribution in [3.8, 4) is 17.3 Å². The summed E-state index contributed by atoms with van der Waals surface area (Å²) in [7, 11) is 0. The maximum absolute atomic E-state index is 13.0. The first-order valence-corrected chi connectivity index (χ1v) is 12.6. The molecule has 11 heteroatoms. The second kappa shape index (κ2) is 10.7. The van der Waals surface area contributed by atoms with E-state index in [4.69, 9.17) is 15.4 Å². The lowest BCUT2D eigenvalue weighted by molar-refractivity contribution is -0.128. The van der Waals surface area contributed by atoms with Gasteiger partial charge in [-0.15, -0.1) is 11.3 Å². The van der Waals surface area contributed by atoms with E-state index in [1.54, 1.807) is 12.1 Å². The number of nitrogens with one attached hydrogen (secondary N) is 2. The van der Waals surface area contributed by atoms with E-state index >= 15 is 0 Å². The molecule has 2 fully saturated rings. The number of carboxylic acid groups (broad SMARTS) is 1. The molecule has 0 radical (unpaired) electrons. The summed E-state index contributed by atoms with van der Waals surface area (Å²) < 4.78 is 0.